The van der Waals surface area contributed by atoms with Crippen LogP contribution in [0.3, 0.4) is 0 Å². The van der Waals surface area contributed by atoms with Crippen LogP contribution in [-0.4, -0.2) is 33.2 Å². The van der Waals surface area contributed by atoms with Crippen molar-refractivity contribution in [2.75, 3.05) is 13.1 Å². The molecule has 0 bridgehead atoms. The number of rotatable bonds is 3. The number of fused-ring (bicyclic) bond motifs is 1. The molecule has 0 aliphatic carbocycles. The Bertz CT molecular complexity index is 740. The van der Waals surface area contributed by atoms with Crippen LogP contribution in [0, 0.1) is 6.92 Å². The lowest BCUT2D eigenvalue weighted by Gasteiger charge is -2.29. The highest BCUT2D eigenvalue weighted by atomic mass is 32.1. The van der Waals surface area contributed by atoms with Gasteiger partial charge in [0.2, 0.25) is 0 Å². The van der Waals surface area contributed by atoms with Crippen molar-refractivity contribution in [1.29, 1.82) is 0 Å². The van der Waals surface area contributed by atoms with Crippen LogP contribution in [0.1, 0.15) is 34.7 Å². The number of piperidine rings is 1. The van der Waals surface area contributed by atoms with E-state index >= 15 is 0 Å². The predicted octanol–water partition coefficient (Wildman–Crippen LogP) is 3.37. The summed E-state index contributed by atoms with van der Waals surface area (Å²) >= 11 is 1.69. The molecule has 114 valence electrons. The van der Waals surface area contributed by atoms with Crippen molar-refractivity contribution in [2.45, 2.75) is 32.2 Å². The van der Waals surface area contributed by atoms with E-state index in [4.69, 9.17) is 4.42 Å². The second-order valence-corrected chi connectivity index (χ2v) is 7.05. The Morgan fingerprint density at radius 2 is 2.05 bits per heavy atom. The highest BCUT2D eigenvalue weighted by Crippen LogP contribution is 2.30. The molecule has 0 saturated carbocycles. The first-order valence-electron chi connectivity index (χ1n) is 7.65. The fourth-order valence-corrected chi connectivity index (χ4v) is 3.75. The smallest absolute Gasteiger partial charge is 0.198 e. The van der Waals surface area contributed by atoms with Gasteiger partial charge in [0.1, 0.15) is 15.5 Å². The average molecular weight is 314 g/mol. The second-order valence-electron chi connectivity index (χ2n) is 5.79. The van der Waals surface area contributed by atoms with Gasteiger partial charge in [0.05, 0.1) is 6.54 Å². The lowest BCUT2D eigenvalue weighted by molar-refractivity contribution is 0.193. The van der Waals surface area contributed by atoms with Crippen LogP contribution >= 0.6 is 11.3 Å². The maximum absolute atomic E-state index is 5.91. The number of para-hydroxylation sites is 2. The van der Waals surface area contributed by atoms with Gasteiger partial charge in [-0.3, -0.25) is 4.90 Å². The van der Waals surface area contributed by atoms with E-state index in [0.717, 1.165) is 59.5 Å². The Balaban J connectivity index is 1.40. The lowest BCUT2D eigenvalue weighted by atomic mass is 9.97. The number of hydrogen-bond acceptors (Lipinski definition) is 6. The highest BCUT2D eigenvalue weighted by molar-refractivity contribution is 7.11. The van der Waals surface area contributed by atoms with Crippen LogP contribution in [0.4, 0.5) is 0 Å². The van der Waals surface area contributed by atoms with Gasteiger partial charge in [0.25, 0.3) is 0 Å². The fraction of sp³-hybridized carbons (Fsp3) is 0.438. The lowest BCUT2D eigenvalue weighted by Crippen LogP contribution is -2.32. The summed E-state index contributed by atoms with van der Waals surface area (Å²) in [7, 11) is 0. The number of aryl methyl sites for hydroxylation is 1. The molecule has 3 heterocycles. The first-order valence-corrected chi connectivity index (χ1v) is 8.46. The number of aromatic nitrogens is 3. The third-order valence-electron chi connectivity index (χ3n) is 4.17. The summed E-state index contributed by atoms with van der Waals surface area (Å²) in [5, 5.41) is 10.4. The van der Waals surface area contributed by atoms with E-state index in [1.54, 1.807) is 11.3 Å². The third kappa shape index (κ3) is 2.76. The number of benzene rings is 1. The molecule has 1 fully saturated rings. The van der Waals surface area contributed by atoms with Crippen LogP contribution in [0.2, 0.25) is 0 Å². The molecule has 0 radical (unpaired) electrons. The van der Waals surface area contributed by atoms with Crippen LogP contribution in [0.5, 0.6) is 0 Å². The first-order chi connectivity index (χ1) is 10.8. The Morgan fingerprint density at radius 3 is 2.77 bits per heavy atom. The molecule has 22 heavy (non-hydrogen) atoms. The first kappa shape index (κ1) is 13.8. The maximum atomic E-state index is 5.91. The zero-order valence-electron chi connectivity index (χ0n) is 12.5. The van der Waals surface area contributed by atoms with Crippen molar-refractivity contribution < 1.29 is 4.42 Å². The molecule has 1 saturated heterocycles. The summed E-state index contributed by atoms with van der Waals surface area (Å²) < 4.78 is 5.91. The standard InChI is InChI=1S/C16H18N4OS/c1-11-18-19-15(22-11)10-20-8-6-12(7-9-20)16-17-13-4-2-3-5-14(13)21-16/h2-5,12H,6-10H2,1H3. The number of nitrogens with zero attached hydrogens (tertiary/aromatic N) is 4. The molecule has 0 amide bonds. The minimum Gasteiger partial charge on any atom is -0.440 e. The van der Waals surface area contributed by atoms with Gasteiger partial charge in [0.15, 0.2) is 11.5 Å². The predicted molar refractivity (Wildman–Crippen MR) is 85.9 cm³/mol. The molecule has 0 unspecified atom stereocenters. The van der Waals surface area contributed by atoms with Crippen LogP contribution in [-0.2, 0) is 6.54 Å². The van der Waals surface area contributed by atoms with Gasteiger partial charge < -0.3 is 4.42 Å². The molecule has 4 rings (SSSR count). The molecular weight excluding hydrogens is 296 g/mol. The summed E-state index contributed by atoms with van der Waals surface area (Å²) in [6, 6.07) is 7.99. The Labute approximate surface area is 133 Å². The SMILES string of the molecule is Cc1nnc(CN2CCC(c3nc4ccccc4o3)CC2)s1. The monoisotopic (exact) mass is 314 g/mol. The molecule has 2 aromatic heterocycles. The molecule has 5 nitrogen and oxygen atoms in total. The van der Waals surface area contributed by atoms with Gasteiger partial charge in [-0.15, -0.1) is 21.5 Å². The zero-order chi connectivity index (χ0) is 14.9. The highest BCUT2D eigenvalue weighted by Gasteiger charge is 2.25. The molecule has 0 atom stereocenters. The Morgan fingerprint density at radius 1 is 1.23 bits per heavy atom. The van der Waals surface area contributed by atoms with Gasteiger partial charge in [-0.05, 0) is 45.0 Å². The molecule has 6 heteroatoms. The molecule has 0 N–H and O–H groups in total. The quantitative estimate of drug-likeness (QED) is 0.742. The van der Waals surface area contributed by atoms with Crippen molar-refractivity contribution in [3.8, 4) is 0 Å². The molecule has 1 aliphatic rings. The summed E-state index contributed by atoms with van der Waals surface area (Å²) in [4.78, 5) is 7.09. The van der Waals surface area contributed by atoms with Crippen molar-refractivity contribution in [2.24, 2.45) is 0 Å². The second kappa shape index (κ2) is 5.78. The average Bonchev–Trinajstić information content (AvgIpc) is 3.14. The molecule has 3 aromatic rings. The van der Waals surface area contributed by atoms with E-state index in [0.29, 0.717) is 5.92 Å². The van der Waals surface area contributed by atoms with E-state index in [1.807, 2.05) is 31.2 Å². The van der Waals surface area contributed by atoms with Crippen molar-refractivity contribution in [3.63, 3.8) is 0 Å². The topological polar surface area (TPSA) is 55.1 Å². The van der Waals surface area contributed by atoms with E-state index in [-0.39, 0.29) is 0 Å². The number of hydrogen-bond donors (Lipinski definition) is 0. The van der Waals surface area contributed by atoms with E-state index < -0.39 is 0 Å². The van der Waals surface area contributed by atoms with Gasteiger partial charge in [-0.25, -0.2) is 4.98 Å². The van der Waals surface area contributed by atoms with Gasteiger partial charge in [0, 0.05) is 5.92 Å². The Hall–Kier alpha value is -1.79. The minimum absolute atomic E-state index is 0.430. The van der Waals surface area contributed by atoms with E-state index in [1.165, 1.54) is 0 Å². The molecular formula is C16H18N4OS. The summed E-state index contributed by atoms with van der Waals surface area (Å²) in [5.74, 6) is 1.33. The number of oxazole rings is 1. The summed E-state index contributed by atoms with van der Waals surface area (Å²) in [5.41, 5.74) is 1.86. The van der Waals surface area contributed by atoms with E-state index in [9.17, 15) is 0 Å². The van der Waals surface area contributed by atoms with E-state index in [2.05, 4.69) is 20.1 Å². The largest absolute Gasteiger partial charge is 0.440 e. The van der Waals surface area contributed by atoms with Crippen LogP contribution in [0.25, 0.3) is 11.1 Å². The Kier molecular flexibility index (Phi) is 3.63. The molecule has 1 aliphatic heterocycles. The number of likely N-dealkylation sites (tertiary alicyclic amines) is 1. The van der Waals surface area contributed by atoms with Crippen molar-refractivity contribution in [3.05, 3.63) is 40.2 Å². The summed E-state index contributed by atoms with van der Waals surface area (Å²) in [6.07, 6.45) is 2.18. The normalized spacial score (nSPS) is 17.3. The molecule has 0 spiro atoms. The van der Waals surface area contributed by atoms with Crippen molar-refractivity contribution in [1.82, 2.24) is 20.1 Å². The van der Waals surface area contributed by atoms with Gasteiger partial charge in [-0.1, -0.05) is 12.1 Å². The van der Waals surface area contributed by atoms with Crippen LogP contribution < -0.4 is 0 Å². The van der Waals surface area contributed by atoms with Crippen LogP contribution in [0.15, 0.2) is 28.7 Å². The van der Waals surface area contributed by atoms with Gasteiger partial charge >= 0.3 is 0 Å². The van der Waals surface area contributed by atoms with Gasteiger partial charge in [-0.2, -0.15) is 0 Å². The maximum Gasteiger partial charge on any atom is 0.198 e. The zero-order valence-corrected chi connectivity index (χ0v) is 13.3. The minimum atomic E-state index is 0.430. The summed E-state index contributed by atoms with van der Waals surface area (Å²) in [6.45, 7) is 5.02. The van der Waals surface area contributed by atoms with Crippen molar-refractivity contribution >= 4 is 22.4 Å². The molecule has 1 aromatic carbocycles. The third-order valence-corrected chi connectivity index (χ3v) is 5.00. The fourth-order valence-electron chi connectivity index (χ4n) is 3.00.